The average molecular weight is 520 g/mol. The first-order valence-electron chi connectivity index (χ1n) is 11.1. The molecule has 0 radical (unpaired) electrons. The molecule has 0 spiro atoms. The SMILES string of the molecule is Brc1cccc2c1oc1c(-c3ccc4c(c3)Sc3ccccc3N4c3ccccc3)cccc12. The van der Waals surface area contributed by atoms with E-state index in [0.717, 1.165) is 43.2 Å². The minimum atomic E-state index is 0.890. The molecule has 0 fully saturated rings. The predicted octanol–water partition coefficient (Wildman–Crippen LogP) is 9.95. The molecule has 1 aromatic heterocycles. The van der Waals surface area contributed by atoms with E-state index in [1.165, 1.54) is 21.2 Å². The Bertz CT molecular complexity index is 1710. The maximum Gasteiger partial charge on any atom is 0.149 e. The molecule has 0 atom stereocenters. The van der Waals surface area contributed by atoms with E-state index < -0.39 is 0 Å². The van der Waals surface area contributed by atoms with Crippen molar-refractivity contribution >= 4 is 66.7 Å². The molecule has 0 saturated heterocycles. The Kier molecular flexibility index (Phi) is 4.57. The van der Waals surface area contributed by atoms with Crippen LogP contribution in [0.2, 0.25) is 0 Å². The summed E-state index contributed by atoms with van der Waals surface area (Å²) in [6.07, 6.45) is 0. The number of halogens is 1. The molecule has 4 heteroatoms. The lowest BCUT2D eigenvalue weighted by atomic mass is 10.0. The van der Waals surface area contributed by atoms with Crippen molar-refractivity contribution in [3.8, 4) is 11.1 Å². The molecule has 0 N–H and O–H groups in total. The third kappa shape index (κ3) is 3.03. The van der Waals surface area contributed by atoms with Crippen LogP contribution in [-0.4, -0.2) is 0 Å². The molecule has 6 aromatic rings. The molecule has 1 aliphatic heterocycles. The van der Waals surface area contributed by atoms with Gasteiger partial charge in [0.05, 0.1) is 15.8 Å². The second kappa shape index (κ2) is 7.79. The van der Waals surface area contributed by atoms with Crippen molar-refractivity contribution < 1.29 is 4.42 Å². The summed E-state index contributed by atoms with van der Waals surface area (Å²) in [6.45, 7) is 0. The molecule has 2 heterocycles. The highest BCUT2D eigenvalue weighted by atomic mass is 79.9. The Balaban J connectivity index is 1.43. The fourth-order valence-electron chi connectivity index (χ4n) is 4.79. The first-order valence-corrected chi connectivity index (χ1v) is 12.7. The summed E-state index contributed by atoms with van der Waals surface area (Å²) < 4.78 is 7.37. The van der Waals surface area contributed by atoms with Crippen LogP contribution < -0.4 is 4.90 Å². The van der Waals surface area contributed by atoms with E-state index in [9.17, 15) is 0 Å². The summed E-state index contributed by atoms with van der Waals surface area (Å²) in [4.78, 5) is 4.83. The van der Waals surface area contributed by atoms with Gasteiger partial charge >= 0.3 is 0 Å². The summed E-state index contributed by atoms with van der Waals surface area (Å²) >= 11 is 5.47. The Morgan fingerprint density at radius 2 is 1.35 bits per heavy atom. The van der Waals surface area contributed by atoms with E-state index in [1.54, 1.807) is 0 Å². The number of hydrogen-bond acceptors (Lipinski definition) is 3. The van der Waals surface area contributed by atoms with Crippen molar-refractivity contribution in [2.45, 2.75) is 9.79 Å². The maximum absolute atomic E-state index is 6.40. The van der Waals surface area contributed by atoms with E-state index in [4.69, 9.17) is 4.42 Å². The third-order valence-electron chi connectivity index (χ3n) is 6.33. The lowest BCUT2D eigenvalue weighted by Gasteiger charge is -2.33. The number of fused-ring (bicyclic) bond motifs is 5. The van der Waals surface area contributed by atoms with Gasteiger partial charge < -0.3 is 9.32 Å². The standard InChI is InChI=1S/C30H18BrNOS/c31-24-13-7-12-23-22-11-6-10-21(29(22)33-30(23)24)19-16-17-26-28(18-19)34-27-15-5-4-14-25(27)32(26)20-8-2-1-3-9-20/h1-18H. The molecular formula is C30H18BrNOS. The fourth-order valence-corrected chi connectivity index (χ4v) is 6.34. The molecule has 0 unspecified atom stereocenters. The molecule has 0 bridgehead atoms. The van der Waals surface area contributed by atoms with Crippen LogP contribution in [0.1, 0.15) is 0 Å². The zero-order chi connectivity index (χ0) is 22.6. The highest BCUT2D eigenvalue weighted by Crippen LogP contribution is 2.52. The van der Waals surface area contributed by atoms with Crippen LogP contribution >= 0.6 is 27.7 Å². The Labute approximate surface area is 210 Å². The number of benzene rings is 5. The summed E-state index contributed by atoms with van der Waals surface area (Å²) in [5.41, 5.74) is 7.63. The molecule has 0 aliphatic carbocycles. The van der Waals surface area contributed by atoms with Crippen molar-refractivity contribution in [2.24, 2.45) is 0 Å². The first kappa shape index (κ1) is 20.0. The second-order valence-electron chi connectivity index (χ2n) is 8.32. The van der Waals surface area contributed by atoms with E-state index in [0.29, 0.717) is 0 Å². The van der Waals surface area contributed by atoms with Crippen LogP contribution in [0.5, 0.6) is 0 Å². The predicted molar refractivity (Wildman–Crippen MR) is 146 cm³/mol. The van der Waals surface area contributed by atoms with Crippen molar-refractivity contribution in [2.75, 3.05) is 4.90 Å². The van der Waals surface area contributed by atoms with Gasteiger partial charge in [0.25, 0.3) is 0 Å². The van der Waals surface area contributed by atoms with E-state index in [2.05, 4.69) is 124 Å². The average Bonchev–Trinajstić information content (AvgIpc) is 3.28. The van der Waals surface area contributed by atoms with Crippen LogP contribution in [0.25, 0.3) is 33.1 Å². The topological polar surface area (TPSA) is 16.4 Å². The van der Waals surface area contributed by atoms with Gasteiger partial charge in [0.1, 0.15) is 11.2 Å². The second-order valence-corrected chi connectivity index (χ2v) is 10.3. The minimum absolute atomic E-state index is 0.890. The summed E-state index contributed by atoms with van der Waals surface area (Å²) in [5, 5.41) is 2.26. The molecule has 7 rings (SSSR count). The number of furan rings is 1. The smallest absolute Gasteiger partial charge is 0.149 e. The van der Waals surface area contributed by atoms with Gasteiger partial charge in [-0.3, -0.25) is 0 Å². The molecule has 1 aliphatic rings. The summed E-state index contributed by atoms with van der Waals surface area (Å²) in [5.74, 6) is 0. The van der Waals surface area contributed by atoms with Gasteiger partial charge in [-0.15, -0.1) is 0 Å². The van der Waals surface area contributed by atoms with Crippen LogP contribution in [0.4, 0.5) is 17.1 Å². The zero-order valence-corrected chi connectivity index (χ0v) is 20.4. The molecule has 162 valence electrons. The number of para-hydroxylation sites is 4. The lowest BCUT2D eigenvalue weighted by molar-refractivity contribution is 0.668. The monoisotopic (exact) mass is 519 g/mol. The van der Waals surface area contributed by atoms with Gasteiger partial charge in [0, 0.05) is 31.8 Å². The maximum atomic E-state index is 6.40. The highest BCUT2D eigenvalue weighted by Gasteiger charge is 2.25. The number of anilines is 3. The largest absolute Gasteiger partial charge is 0.454 e. The van der Waals surface area contributed by atoms with Crippen molar-refractivity contribution in [1.82, 2.24) is 0 Å². The van der Waals surface area contributed by atoms with E-state index in [1.807, 2.05) is 17.8 Å². The van der Waals surface area contributed by atoms with Gasteiger partial charge in [-0.25, -0.2) is 0 Å². The van der Waals surface area contributed by atoms with Crippen molar-refractivity contribution in [3.63, 3.8) is 0 Å². The normalized spacial score (nSPS) is 12.7. The van der Waals surface area contributed by atoms with Gasteiger partial charge in [-0.2, -0.15) is 0 Å². The zero-order valence-electron chi connectivity index (χ0n) is 18.0. The molecule has 2 nitrogen and oxygen atoms in total. The van der Waals surface area contributed by atoms with Crippen molar-refractivity contribution in [3.05, 3.63) is 114 Å². The molecular weight excluding hydrogens is 502 g/mol. The quantitative estimate of drug-likeness (QED) is 0.226. The Morgan fingerprint density at radius 1 is 0.618 bits per heavy atom. The van der Waals surface area contributed by atoms with Gasteiger partial charge in [0.15, 0.2) is 0 Å². The Morgan fingerprint density at radius 3 is 2.24 bits per heavy atom. The van der Waals surface area contributed by atoms with Gasteiger partial charge in [-0.1, -0.05) is 78.5 Å². The number of nitrogens with zero attached hydrogens (tertiary/aromatic N) is 1. The Hall–Kier alpha value is -3.47. The fraction of sp³-hybridized carbons (Fsp3) is 0. The third-order valence-corrected chi connectivity index (χ3v) is 8.06. The highest BCUT2D eigenvalue weighted by molar-refractivity contribution is 9.10. The summed E-state index contributed by atoms with van der Waals surface area (Å²) in [6, 6.07) is 38.5. The summed E-state index contributed by atoms with van der Waals surface area (Å²) in [7, 11) is 0. The van der Waals surface area contributed by atoms with Crippen LogP contribution in [0, 0.1) is 0 Å². The van der Waals surface area contributed by atoms with E-state index in [-0.39, 0.29) is 0 Å². The molecule has 0 amide bonds. The molecule has 34 heavy (non-hydrogen) atoms. The number of rotatable bonds is 2. The van der Waals surface area contributed by atoms with Gasteiger partial charge in [-0.05, 0) is 64.0 Å². The van der Waals surface area contributed by atoms with Crippen LogP contribution in [-0.2, 0) is 0 Å². The van der Waals surface area contributed by atoms with E-state index >= 15 is 0 Å². The van der Waals surface area contributed by atoms with Crippen molar-refractivity contribution in [1.29, 1.82) is 0 Å². The van der Waals surface area contributed by atoms with Crippen LogP contribution in [0.3, 0.4) is 0 Å². The molecule has 0 saturated carbocycles. The molecule has 5 aromatic carbocycles. The first-order chi connectivity index (χ1) is 16.8. The van der Waals surface area contributed by atoms with Gasteiger partial charge in [0.2, 0.25) is 0 Å². The van der Waals surface area contributed by atoms with Crippen LogP contribution in [0.15, 0.2) is 128 Å². The lowest BCUT2D eigenvalue weighted by Crippen LogP contribution is -2.14. The number of hydrogen-bond donors (Lipinski definition) is 0. The minimum Gasteiger partial charge on any atom is -0.454 e.